The van der Waals surface area contributed by atoms with E-state index in [1.165, 1.54) is 0 Å². The van der Waals surface area contributed by atoms with Crippen molar-refractivity contribution in [2.24, 2.45) is 0 Å². The molecule has 1 saturated heterocycles. The van der Waals surface area contributed by atoms with Gasteiger partial charge in [0.25, 0.3) is 0 Å². The minimum atomic E-state index is 0.456. The SMILES string of the molecule is Cc1cn2nc(N3CCN(c4cccc(C#N)n4)CC3)ccc2n1. The summed E-state index contributed by atoms with van der Waals surface area (Å²) in [6.07, 6.45) is 1.94. The summed E-state index contributed by atoms with van der Waals surface area (Å²) in [5.74, 6) is 1.82. The van der Waals surface area contributed by atoms with Crippen LogP contribution in [-0.4, -0.2) is 45.8 Å². The number of aromatic nitrogens is 4. The Hall–Kier alpha value is -3.14. The molecule has 0 aromatic carbocycles. The fourth-order valence-corrected chi connectivity index (χ4v) is 2.99. The van der Waals surface area contributed by atoms with Gasteiger partial charge in [0.05, 0.1) is 11.9 Å². The highest BCUT2D eigenvalue weighted by atomic mass is 15.4. The summed E-state index contributed by atoms with van der Waals surface area (Å²) in [5, 5.41) is 13.6. The Balaban J connectivity index is 1.49. The van der Waals surface area contributed by atoms with Gasteiger partial charge in [-0.15, -0.1) is 5.10 Å². The first-order valence-electron chi connectivity index (χ1n) is 7.93. The molecule has 0 aliphatic carbocycles. The number of hydrogen-bond acceptors (Lipinski definition) is 6. The van der Waals surface area contributed by atoms with Gasteiger partial charge in [-0.3, -0.25) is 0 Å². The fraction of sp³-hybridized carbons (Fsp3) is 0.294. The Labute approximate surface area is 139 Å². The van der Waals surface area contributed by atoms with Crippen LogP contribution in [0.2, 0.25) is 0 Å². The molecule has 3 aromatic heterocycles. The molecule has 0 spiro atoms. The number of piperazine rings is 1. The van der Waals surface area contributed by atoms with Crippen LogP contribution in [0.1, 0.15) is 11.4 Å². The standard InChI is InChI=1S/C17H17N7/c1-13-12-24-16(19-13)5-6-17(21-24)23-9-7-22(8-10-23)15-4-2-3-14(11-18)20-15/h2-6,12H,7-10H2,1H3. The van der Waals surface area contributed by atoms with Crippen molar-refractivity contribution in [3.8, 4) is 6.07 Å². The lowest BCUT2D eigenvalue weighted by molar-refractivity contribution is 0.636. The van der Waals surface area contributed by atoms with Gasteiger partial charge < -0.3 is 9.80 Å². The van der Waals surface area contributed by atoms with Crippen LogP contribution >= 0.6 is 0 Å². The highest BCUT2D eigenvalue weighted by Gasteiger charge is 2.19. The Bertz CT molecular complexity index is 916. The molecule has 1 aliphatic rings. The number of nitrogens with zero attached hydrogens (tertiary/aromatic N) is 7. The zero-order valence-electron chi connectivity index (χ0n) is 13.4. The smallest absolute Gasteiger partial charge is 0.153 e. The molecule has 0 atom stereocenters. The van der Waals surface area contributed by atoms with Gasteiger partial charge in [-0.1, -0.05) is 6.07 Å². The van der Waals surface area contributed by atoms with Crippen molar-refractivity contribution in [2.75, 3.05) is 36.0 Å². The van der Waals surface area contributed by atoms with Crippen LogP contribution in [0, 0.1) is 18.3 Å². The van der Waals surface area contributed by atoms with Gasteiger partial charge in [0.2, 0.25) is 0 Å². The summed E-state index contributed by atoms with van der Waals surface area (Å²) >= 11 is 0. The molecule has 0 saturated carbocycles. The van der Waals surface area contributed by atoms with Gasteiger partial charge in [-0.2, -0.15) is 5.26 Å². The second-order valence-electron chi connectivity index (χ2n) is 5.84. The molecule has 120 valence electrons. The van der Waals surface area contributed by atoms with Crippen LogP contribution < -0.4 is 9.80 Å². The fourth-order valence-electron chi connectivity index (χ4n) is 2.99. The molecular formula is C17H17N7. The van der Waals surface area contributed by atoms with Gasteiger partial charge in [0, 0.05) is 26.2 Å². The topological polar surface area (TPSA) is 73.3 Å². The number of aryl methyl sites for hydroxylation is 1. The van der Waals surface area contributed by atoms with E-state index < -0.39 is 0 Å². The van der Waals surface area contributed by atoms with Gasteiger partial charge in [-0.25, -0.2) is 14.5 Å². The molecule has 7 nitrogen and oxygen atoms in total. The second kappa shape index (κ2) is 5.81. The first kappa shape index (κ1) is 14.5. The summed E-state index contributed by atoms with van der Waals surface area (Å²) < 4.78 is 1.83. The van der Waals surface area contributed by atoms with Crippen molar-refractivity contribution < 1.29 is 0 Å². The van der Waals surface area contributed by atoms with Crippen LogP contribution in [0.5, 0.6) is 0 Å². The zero-order chi connectivity index (χ0) is 16.5. The van der Waals surface area contributed by atoms with E-state index in [4.69, 9.17) is 5.26 Å². The number of nitriles is 1. The molecule has 0 amide bonds. The van der Waals surface area contributed by atoms with Crippen LogP contribution in [-0.2, 0) is 0 Å². The minimum Gasteiger partial charge on any atom is -0.353 e. The highest BCUT2D eigenvalue weighted by Crippen LogP contribution is 2.18. The van der Waals surface area contributed by atoms with Crippen molar-refractivity contribution in [3.63, 3.8) is 0 Å². The molecule has 1 aliphatic heterocycles. The van der Waals surface area contributed by atoms with Crippen molar-refractivity contribution in [1.29, 1.82) is 5.26 Å². The predicted molar refractivity (Wildman–Crippen MR) is 91.1 cm³/mol. The van der Waals surface area contributed by atoms with Crippen LogP contribution in [0.15, 0.2) is 36.5 Å². The third kappa shape index (κ3) is 2.63. The third-order valence-corrected chi connectivity index (χ3v) is 4.20. The molecular weight excluding hydrogens is 302 g/mol. The molecule has 0 radical (unpaired) electrons. The molecule has 24 heavy (non-hydrogen) atoms. The Morgan fingerprint density at radius 1 is 0.958 bits per heavy atom. The molecule has 7 heteroatoms. The number of hydrogen-bond donors (Lipinski definition) is 0. The van der Waals surface area contributed by atoms with E-state index in [9.17, 15) is 0 Å². The molecule has 4 rings (SSSR count). The van der Waals surface area contributed by atoms with E-state index in [-0.39, 0.29) is 0 Å². The van der Waals surface area contributed by atoms with E-state index in [0.29, 0.717) is 5.69 Å². The van der Waals surface area contributed by atoms with Crippen molar-refractivity contribution in [3.05, 3.63) is 47.9 Å². The average Bonchev–Trinajstić information content (AvgIpc) is 3.01. The van der Waals surface area contributed by atoms with E-state index in [1.807, 2.05) is 41.9 Å². The van der Waals surface area contributed by atoms with Crippen LogP contribution in [0.4, 0.5) is 11.6 Å². The Kier molecular flexibility index (Phi) is 3.50. The first-order chi connectivity index (χ1) is 11.7. The van der Waals surface area contributed by atoms with E-state index >= 15 is 0 Å². The maximum atomic E-state index is 8.98. The molecule has 4 heterocycles. The Morgan fingerprint density at radius 3 is 2.46 bits per heavy atom. The van der Waals surface area contributed by atoms with Crippen molar-refractivity contribution in [1.82, 2.24) is 19.6 Å². The molecule has 0 N–H and O–H groups in total. The van der Waals surface area contributed by atoms with E-state index in [1.54, 1.807) is 6.07 Å². The number of anilines is 2. The van der Waals surface area contributed by atoms with Crippen LogP contribution in [0.3, 0.4) is 0 Å². The van der Waals surface area contributed by atoms with Gasteiger partial charge in [0.1, 0.15) is 23.4 Å². The lowest BCUT2D eigenvalue weighted by atomic mass is 10.3. The number of imidazole rings is 1. The largest absolute Gasteiger partial charge is 0.353 e. The summed E-state index contributed by atoms with van der Waals surface area (Å²) in [7, 11) is 0. The van der Waals surface area contributed by atoms with E-state index in [2.05, 4.69) is 30.9 Å². The van der Waals surface area contributed by atoms with Gasteiger partial charge >= 0.3 is 0 Å². The maximum Gasteiger partial charge on any atom is 0.153 e. The number of rotatable bonds is 2. The zero-order valence-corrected chi connectivity index (χ0v) is 13.4. The van der Waals surface area contributed by atoms with Crippen molar-refractivity contribution in [2.45, 2.75) is 6.92 Å². The molecule has 3 aromatic rings. The predicted octanol–water partition coefficient (Wildman–Crippen LogP) is 1.63. The number of fused-ring (bicyclic) bond motifs is 1. The molecule has 1 fully saturated rings. The number of pyridine rings is 1. The maximum absolute atomic E-state index is 8.98. The second-order valence-corrected chi connectivity index (χ2v) is 5.84. The summed E-state index contributed by atoms with van der Waals surface area (Å²) in [6.45, 7) is 5.40. The summed E-state index contributed by atoms with van der Waals surface area (Å²) in [6, 6.07) is 11.7. The van der Waals surface area contributed by atoms with Gasteiger partial charge in [-0.05, 0) is 31.2 Å². The lowest BCUT2D eigenvalue weighted by Gasteiger charge is -2.35. The lowest BCUT2D eigenvalue weighted by Crippen LogP contribution is -2.47. The Morgan fingerprint density at radius 2 is 1.71 bits per heavy atom. The minimum absolute atomic E-state index is 0.456. The average molecular weight is 319 g/mol. The molecule has 0 bridgehead atoms. The molecule has 0 unspecified atom stereocenters. The van der Waals surface area contributed by atoms with E-state index in [0.717, 1.165) is 49.2 Å². The van der Waals surface area contributed by atoms with Crippen LogP contribution in [0.25, 0.3) is 5.65 Å². The third-order valence-electron chi connectivity index (χ3n) is 4.20. The quantitative estimate of drug-likeness (QED) is 0.715. The van der Waals surface area contributed by atoms with Gasteiger partial charge in [0.15, 0.2) is 5.65 Å². The normalized spacial score (nSPS) is 14.8. The van der Waals surface area contributed by atoms with Crippen molar-refractivity contribution >= 4 is 17.3 Å². The highest BCUT2D eigenvalue weighted by molar-refractivity contribution is 5.49. The summed E-state index contributed by atoms with van der Waals surface area (Å²) in [5.41, 5.74) is 2.29. The summed E-state index contributed by atoms with van der Waals surface area (Å²) in [4.78, 5) is 13.3. The monoisotopic (exact) mass is 319 g/mol. The first-order valence-corrected chi connectivity index (χ1v) is 7.93.